The maximum atomic E-state index is 12.5. The summed E-state index contributed by atoms with van der Waals surface area (Å²) in [4.78, 5) is 12.5. The van der Waals surface area contributed by atoms with Crippen LogP contribution in [0, 0.1) is 10.5 Å². The maximum absolute atomic E-state index is 12.5. The van der Waals surface area contributed by atoms with E-state index in [1.165, 1.54) is 17.1 Å². The van der Waals surface area contributed by atoms with Crippen molar-refractivity contribution >= 4 is 57.7 Å². The Morgan fingerprint density at radius 3 is 2.68 bits per heavy atom. The van der Waals surface area contributed by atoms with Crippen molar-refractivity contribution in [1.29, 1.82) is 0 Å². The summed E-state index contributed by atoms with van der Waals surface area (Å²) >= 11 is 6.18. The van der Waals surface area contributed by atoms with Crippen molar-refractivity contribution in [3.8, 4) is 0 Å². The Morgan fingerprint density at radius 1 is 1.18 bits per heavy atom. The predicted octanol–water partition coefficient (Wildman–Crippen LogP) is 5.33. The van der Waals surface area contributed by atoms with E-state index in [1.807, 2.05) is 60.8 Å². The first-order valence-corrected chi connectivity index (χ1v) is 10.2. The number of hydrogen-bond donors (Lipinski definition) is 1. The summed E-state index contributed by atoms with van der Waals surface area (Å²) in [5.74, 6) is 2.36. The van der Waals surface area contributed by atoms with Gasteiger partial charge in [-0.15, -0.1) is 23.5 Å². The first-order valence-electron chi connectivity index (χ1n) is 7.05. The van der Waals surface area contributed by atoms with Crippen LogP contribution in [0.15, 0.2) is 42.5 Å². The van der Waals surface area contributed by atoms with Gasteiger partial charge in [-0.05, 0) is 58.8 Å². The van der Waals surface area contributed by atoms with Crippen LogP contribution >= 0.6 is 46.1 Å². The zero-order valence-corrected chi connectivity index (χ0v) is 15.9. The molecule has 1 N–H and O–H groups in total. The highest BCUT2D eigenvalue weighted by Crippen LogP contribution is 2.45. The summed E-state index contributed by atoms with van der Waals surface area (Å²) in [7, 11) is 0. The fourth-order valence-electron chi connectivity index (χ4n) is 2.34. The van der Waals surface area contributed by atoms with E-state index in [9.17, 15) is 4.79 Å². The minimum atomic E-state index is -0.0445. The molecule has 1 fully saturated rings. The molecule has 2 aromatic rings. The zero-order chi connectivity index (χ0) is 15.5. The normalized spacial score (nSPS) is 15.0. The van der Waals surface area contributed by atoms with Crippen LogP contribution in [-0.4, -0.2) is 17.4 Å². The van der Waals surface area contributed by atoms with E-state index < -0.39 is 0 Å². The van der Waals surface area contributed by atoms with Gasteiger partial charge in [0.25, 0.3) is 5.91 Å². The first kappa shape index (κ1) is 16.2. The van der Waals surface area contributed by atoms with Crippen molar-refractivity contribution in [2.75, 3.05) is 16.8 Å². The van der Waals surface area contributed by atoms with Gasteiger partial charge in [0, 0.05) is 20.8 Å². The van der Waals surface area contributed by atoms with E-state index in [2.05, 4.69) is 40.0 Å². The molecule has 1 aliphatic heterocycles. The van der Waals surface area contributed by atoms with Gasteiger partial charge in [-0.25, -0.2) is 0 Å². The van der Waals surface area contributed by atoms with Crippen LogP contribution in [0.3, 0.4) is 0 Å². The van der Waals surface area contributed by atoms with Crippen LogP contribution in [-0.2, 0) is 0 Å². The van der Waals surface area contributed by atoms with Gasteiger partial charge in [0.2, 0.25) is 0 Å². The van der Waals surface area contributed by atoms with Crippen molar-refractivity contribution in [2.24, 2.45) is 0 Å². The molecule has 0 atom stereocenters. The van der Waals surface area contributed by atoms with E-state index in [4.69, 9.17) is 0 Å². The number of carbonyl (C=O) groups is 1. The molecule has 2 nitrogen and oxygen atoms in total. The van der Waals surface area contributed by atoms with Gasteiger partial charge < -0.3 is 5.32 Å². The Hall–Kier alpha value is -0.660. The fourth-order valence-corrected chi connectivity index (χ4v) is 5.78. The first-order chi connectivity index (χ1) is 10.6. The fraction of sp³-hybridized carbons (Fsp3) is 0.235. The number of hydrogen-bond acceptors (Lipinski definition) is 3. The number of thioether (sulfide) groups is 2. The Morgan fingerprint density at radius 2 is 1.91 bits per heavy atom. The van der Waals surface area contributed by atoms with Gasteiger partial charge in [0.05, 0.1) is 10.1 Å². The Kier molecular flexibility index (Phi) is 5.36. The average Bonchev–Trinajstić information content (AvgIpc) is 3.04. The lowest BCUT2D eigenvalue weighted by Gasteiger charge is -2.12. The summed E-state index contributed by atoms with van der Waals surface area (Å²) in [6, 6.07) is 14.0. The number of carbonyl (C=O) groups excluding carboxylic acids is 1. The summed E-state index contributed by atoms with van der Waals surface area (Å²) < 4.78 is 1.51. The molecular formula is C17H16INOS2. The van der Waals surface area contributed by atoms with Gasteiger partial charge in [-0.3, -0.25) is 4.79 Å². The van der Waals surface area contributed by atoms with Crippen LogP contribution in [0.2, 0.25) is 0 Å². The molecule has 5 heteroatoms. The number of aryl methyl sites for hydroxylation is 1. The molecule has 0 saturated carbocycles. The Labute approximate surface area is 153 Å². The van der Waals surface area contributed by atoms with Gasteiger partial charge >= 0.3 is 0 Å². The van der Waals surface area contributed by atoms with Crippen molar-refractivity contribution < 1.29 is 4.79 Å². The molecule has 0 radical (unpaired) electrons. The lowest BCUT2D eigenvalue weighted by Crippen LogP contribution is -2.14. The highest BCUT2D eigenvalue weighted by Gasteiger charge is 2.19. The van der Waals surface area contributed by atoms with Gasteiger partial charge in [0.15, 0.2) is 0 Å². The largest absolute Gasteiger partial charge is 0.322 e. The molecule has 22 heavy (non-hydrogen) atoms. The van der Waals surface area contributed by atoms with E-state index in [0.29, 0.717) is 4.58 Å². The lowest BCUT2D eigenvalue weighted by molar-refractivity contribution is 0.102. The maximum Gasteiger partial charge on any atom is 0.256 e. The average molecular weight is 441 g/mol. The molecule has 0 aromatic heterocycles. The number of anilines is 1. The number of halogens is 1. The molecule has 1 heterocycles. The van der Waals surface area contributed by atoms with E-state index in [-0.39, 0.29) is 5.91 Å². The second-order valence-corrected chi connectivity index (χ2v) is 8.89. The molecule has 114 valence electrons. The van der Waals surface area contributed by atoms with Gasteiger partial charge in [-0.2, -0.15) is 0 Å². The van der Waals surface area contributed by atoms with Crippen LogP contribution in [0.4, 0.5) is 5.69 Å². The van der Waals surface area contributed by atoms with Crippen molar-refractivity contribution in [1.82, 2.24) is 0 Å². The molecule has 1 aliphatic rings. The molecule has 1 amide bonds. The smallest absolute Gasteiger partial charge is 0.256 e. The molecular weight excluding hydrogens is 425 g/mol. The van der Waals surface area contributed by atoms with E-state index >= 15 is 0 Å². The third-order valence-electron chi connectivity index (χ3n) is 3.47. The lowest BCUT2D eigenvalue weighted by atomic mass is 10.1. The standard InChI is InChI=1S/C17H16INOS2/c1-11-4-2-7-14(15(11)18)16(20)19-13-6-3-5-12(10-13)17-21-8-9-22-17/h2-7,10,17H,8-9H2,1H3,(H,19,20). The molecule has 2 aromatic carbocycles. The van der Waals surface area contributed by atoms with E-state index in [0.717, 1.165) is 20.4 Å². The number of rotatable bonds is 3. The number of benzene rings is 2. The zero-order valence-electron chi connectivity index (χ0n) is 12.1. The second kappa shape index (κ2) is 7.27. The van der Waals surface area contributed by atoms with Gasteiger partial charge in [0.1, 0.15) is 0 Å². The molecule has 0 unspecified atom stereocenters. The monoisotopic (exact) mass is 441 g/mol. The SMILES string of the molecule is Cc1cccc(C(=O)Nc2cccc(C3SCCS3)c2)c1I. The van der Waals surface area contributed by atoms with Crippen LogP contribution in [0.5, 0.6) is 0 Å². The van der Waals surface area contributed by atoms with Crippen molar-refractivity contribution in [2.45, 2.75) is 11.5 Å². The highest BCUT2D eigenvalue weighted by molar-refractivity contribution is 14.1. The summed E-state index contributed by atoms with van der Waals surface area (Å²) in [6.45, 7) is 2.02. The van der Waals surface area contributed by atoms with Crippen LogP contribution < -0.4 is 5.32 Å². The Bertz CT molecular complexity index is 699. The topological polar surface area (TPSA) is 29.1 Å². The van der Waals surface area contributed by atoms with Gasteiger partial charge in [-0.1, -0.05) is 24.3 Å². The summed E-state index contributed by atoms with van der Waals surface area (Å²) in [5, 5.41) is 3.03. The Balaban J connectivity index is 1.79. The van der Waals surface area contributed by atoms with E-state index in [1.54, 1.807) is 0 Å². The third-order valence-corrected chi connectivity index (χ3v) is 8.01. The second-order valence-electron chi connectivity index (χ2n) is 5.09. The highest BCUT2D eigenvalue weighted by atomic mass is 127. The van der Waals surface area contributed by atoms with Crippen LogP contribution in [0.1, 0.15) is 26.1 Å². The summed E-state index contributed by atoms with van der Waals surface area (Å²) in [6.07, 6.45) is 0. The van der Waals surface area contributed by atoms with Crippen molar-refractivity contribution in [3.63, 3.8) is 0 Å². The minimum Gasteiger partial charge on any atom is -0.322 e. The van der Waals surface area contributed by atoms with Crippen molar-refractivity contribution in [3.05, 3.63) is 62.7 Å². The summed E-state index contributed by atoms with van der Waals surface area (Å²) in [5.41, 5.74) is 4.01. The minimum absolute atomic E-state index is 0.0445. The molecule has 0 bridgehead atoms. The quantitative estimate of drug-likeness (QED) is 0.653. The predicted molar refractivity (Wildman–Crippen MR) is 106 cm³/mol. The third kappa shape index (κ3) is 3.63. The number of amides is 1. The molecule has 3 rings (SSSR count). The van der Waals surface area contributed by atoms with Crippen LogP contribution in [0.25, 0.3) is 0 Å². The molecule has 1 saturated heterocycles. The molecule has 0 spiro atoms. The number of nitrogens with one attached hydrogen (secondary N) is 1. The molecule has 0 aliphatic carbocycles.